The van der Waals surface area contributed by atoms with Crippen LogP contribution in [-0.4, -0.2) is 61.8 Å². The Balaban J connectivity index is 0.00000280. The molecule has 2 heterocycles. The smallest absolute Gasteiger partial charge is 0.191 e. The number of hydrogen-bond acceptors (Lipinski definition) is 4. The van der Waals surface area contributed by atoms with Crippen LogP contribution in [0.25, 0.3) is 11.3 Å². The van der Waals surface area contributed by atoms with Gasteiger partial charge in [0, 0.05) is 44.5 Å². The Bertz CT molecular complexity index is 720. The van der Waals surface area contributed by atoms with Gasteiger partial charge in [0.15, 0.2) is 5.96 Å². The van der Waals surface area contributed by atoms with E-state index in [-0.39, 0.29) is 24.0 Å². The molecule has 3 rings (SSSR count). The third-order valence-corrected chi connectivity index (χ3v) is 4.48. The number of benzene rings is 1. The second-order valence-electron chi connectivity index (χ2n) is 6.49. The van der Waals surface area contributed by atoms with E-state index in [1.807, 2.05) is 24.4 Å². The van der Waals surface area contributed by atoms with Gasteiger partial charge < -0.3 is 15.4 Å². The van der Waals surface area contributed by atoms with Crippen molar-refractivity contribution in [3.05, 3.63) is 54.2 Å². The van der Waals surface area contributed by atoms with Gasteiger partial charge in [-0.2, -0.15) is 0 Å². The van der Waals surface area contributed by atoms with E-state index < -0.39 is 0 Å². The van der Waals surface area contributed by atoms with Crippen molar-refractivity contribution in [3.63, 3.8) is 0 Å². The van der Waals surface area contributed by atoms with Crippen molar-refractivity contribution < 1.29 is 4.74 Å². The predicted molar refractivity (Wildman–Crippen MR) is 125 cm³/mol. The van der Waals surface area contributed by atoms with Crippen LogP contribution in [0, 0.1) is 0 Å². The summed E-state index contributed by atoms with van der Waals surface area (Å²) >= 11 is 0. The first-order valence-electron chi connectivity index (χ1n) is 9.68. The Morgan fingerprint density at radius 1 is 1.14 bits per heavy atom. The number of hydrogen-bond donors (Lipinski definition) is 2. The summed E-state index contributed by atoms with van der Waals surface area (Å²) in [5.74, 6) is 0.856. The number of ether oxygens (including phenoxy) is 1. The minimum absolute atomic E-state index is 0. The molecule has 1 aliphatic rings. The first-order chi connectivity index (χ1) is 13.3. The highest BCUT2D eigenvalue weighted by Crippen LogP contribution is 2.18. The fourth-order valence-corrected chi connectivity index (χ4v) is 3.03. The fraction of sp³-hybridized carbons (Fsp3) is 0.429. The molecule has 0 bridgehead atoms. The average molecular weight is 495 g/mol. The summed E-state index contributed by atoms with van der Waals surface area (Å²) in [7, 11) is 0. The lowest BCUT2D eigenvalue weighted by Crippen LogP contribution is -2.44. The number of morpholine rings is 1. The van der Waals surface area contributed by atoms with E-state index in [9.17, 15) is 0 Å². The third-order valence-electron chi connectivity index (χ3n) is 4.48. The highest BCUT2D eigenvalue weighted by Gasteiger charge is 2.09. The number of pyridine rings is 1. The largest absolute Gasteiger partial charge is 0.379 e. The van der Waals surface area contributed by atoms with Crippen molar-refractivity contribution in [2.75, 3.05) is 45.9 Å². The number of nitrogens with one attached hydrogen (secondary N) is 2. The second kappa shape index (κ2) is 12.7. The van der Waals surface area contributed by atoms with Crippen LogP contribution in [0.4, 0.5) is 0 Å². The number of aromatic nitrogens is 1. The molecule has 1 saturated heterocycles. The van der Waals surface area contributed by atoms with E-state index in [0.717, 1.165) is 63.2 Å². The third kappa shape index (κ3) is 7.37. The minimum Gasteiger partial charge on any atom is -0.379 e. The zero-order valence-corrected chi connectivity index (χ0v) is 18.8. The summed E-state index contributed by atoms with van der Waals surface area (Å²) in [5, 5.41) is 6.75. The lowest BCUT2D eigenvalue weighted by Gasteiger charge is -2.26. The molecule has 2 aromatic rings. The number of guanidine groups is 1. The van der Waals surface area contributed by atoms with Crippen LogP contribution < -0.4 is 10.6 Å². The molecule has 28 heavy (non-hydrogen) atoms. The van der Waals surface area contributed by atoms with Crippen LogP contribution in [0.2, 0.25) is 0 Å². The maximum Gasteiger partial charge on any atom is 0.191 e. The molecule has 1 aliphatic heterocycles. The summed E-state index contributed by atoms with van der Waals surface area (Å²) in [6.45, 7) is 9.13. The van der Waals surface area contributed by atoms with Crippen molar-refractivity contribution in [2.24, 2.45) is 4.99 Å². The standard InChI is InChI=1S/C21H29N5O.HI/c1-2-22-21(24-10-11-26-12-14-27-15-13-26)25-17-18-6-5-7-19(16-18)20-8-3-4-9-23-20;/h3-9,16H,2,10-15,17H2,1H3,(H2,22,24,25);1H. The number of rotatable bonds is 7. The van der Waals surface area contributed by atoms with Gasteiger partial charge in [0.1, 0.15) is 0 Å². The zero-order chi connectivity index (χ0) is 18.7. The van der Waals surface area contributed by atoms with Gasteiger partial charge in [-0.3, -0.25) is 9.88 Å². The summed E-state index contributed by atoms with van der Waals surface area (Å²) in [5.41, 5.74) is 3.27. The highest BCUT2D eigenvalue weighted by atomic mass is 127. The Labute approximate surface area is 184 Å². The van der Waals surface area contributed by atoms with Crippen LogP contribution in [-0.2, 0) is 11.3 Å². The minimum atomic E-state index is 0. The predicted octanol–water partition coefficient (Wildman–Crippen LogP) is 2.75. The molecule has 0 atom stereocenters. The molecule has 0 amide bonds. The maximum atomic E-state index is 5.39. The van der Waals surface area contributed by atoms with E-state index >= 15 is 0 Å². The summed E-state index contributed by atoms with van der Waals surface area (Å²) in [6.07, 6.45) is 1.82. The van der Waals surface area contributed by atoms with Crippen molar-refractivity contribution >= 4 is 29.9 Å². The van der Waals surface area contributed by atoms with Crippen molar-refractivity contribution in [1.82, 2.24) is 20.5 Å². The Hall–Kier alpha value is -1.71. The molecule has 6 nitrogen and oxygen atoms in total. The molecule has 0 unspecified atom stereocenters. The molecular formula is C21H30IN5O. The monoisotopic (exact) mass is 495 g/mol. The van der Waals surface area contributed by atoms with E-state index in [2.05, 4.69) is 51.7 Å². The van der Waals surface area contributed by atoms with Gasteiger partial charge in [0.05, 0.1) is 25.5 Å². The van der Waals surface area contributed by atoms with Gasteiger partial charge in [0.25, 0.3) is 0 Å². The van der Waals surface area contributed by atoms with Gasteiger partial charge >= 0.3 is 0 Å². The first-order valence-corrected chi connectivity index (χ1v) is 9.68. The maximum absolute atomic E-state index is 5.39. The Kier molecular flexibility index (Phi) is 10.2. The molecule has 0 aliphatic carbocycles. The van der Waals surface area contributed by atoms with Crippen LogP contribution in [0.15, 0.2) is 53.7 Å². The van der Waals surface area contributed by atoms with Crippen molar-refractivity contribution in [1.29, 1.82) is 0 Å². The van der Waals surface area contributed by atoms with Crippen LogP contribution in [0.3, 0.4) is 0 Å². The van der Waals surface area contributed by atoms with E-state index in [4.69, 9.17) is 9.73 Å². The van der Waals surface area contributed by atoms with E-state index in [1.165, 1.54) is 5.56 Å². The van der Waals surface area contributed by atoms with E-state index in [0.29, 0.717) is 6.54 Å². The molecule has 2 N–H and O–H groups in total. The number of nitrogens with zero attached hydrogens (tertiary/aromatic N) is 3. The SMILES string of the molecule is CCNC(=NCc1cccc(-c2ccccn2)c1)NCCN1CCOCC1.I. The van der Waals surface area contributed by atoms with E-state index in [1.54, 1.807) is 0 Å². The fourth-order valence-electron chi connectivity index (χ4n) is 3.03. The number of halogens is 1. The molecule has 1 aromatic carbocycles. The van der Waals surface area contributed by atoms with Crippen LogP contribution >= 0.6 is 24.0 Å². The molecule has 0 radical (unpaired) electrons. The van der Waals surface area contributed by atoms with Crippen molar-refractivity contribution in [3.8, 4) is 11.3 Å². The quantitative estimate of drug-likeness (QED) is 0.352. The van der Waals surface area contributed by atoms with Gasteiger partial charge in [-0.05, 0) is 30.7 Å². The van der Waals surface area contributed by atoms with Gasteiger partial charge in [-0.25, -0.2) is 4.99 Å². The normalized spacial score (nSPS) is 15.0. The zero-order valence-electron chi connectivity index (χ0n) is 16.4. The van der Waals surface area contributed by atoms with Gasteiger partial charge in [-0.15, -0.1) is 24.0 Å². The highest BCUT2D eigenvalue weighted by molar-refractivity contribution is 14.0. The molecule has 7 heteroatoms. The average Bonchev–Trinajstić information content (AvgIpc) is 2.74. The summed E-state index contributed by atoms with van der Waals surface area (Å²) in [4.78, 5) is 11.6. The lowest BCUT2D eigenvalue weighted by molar-refractivity contribution is 0.0389. The number of aliphatic imine (C=N–C) groups is 1. The summed E-state index contributed by atoms with van der Waals surface area (Å²) in [6, 6.07) is 14.4. The molecule has 152 valence electrons. The lowest BCUT2D eigenvalue weighted by atomic mass is 10.1. The topological polar surface area (TPSA) is 61.8 Å². The molecule has 0 spiro atoms. The molecular weight excluding hydrogens is 465 g/mol. The van der Waals surface area contributed by atoms with Gasteiger partial charge in [-0.1, -0.05) is 24.3 Å². The van der Waals surface area contributed by atoms with Crippen LogP contribution in [0.5, 0.6) is 0 Å². The molecule has 0 saturated carbocycles. The Morgan fingerprint density at radius 3 is 2.75 bits per heavy atom. The van der Waals surface area contributed by atoms with Crippen molar-refractivity contribution in [2.45, 2.75) is 13.5 Å². The first kappa shape index (κ1) is 22.6. The van der Waals surface area contributed by atoms with Gasteiger partial charge in [0.2, 0.25) is 0 Å². The second-order valence-corrected chi connectivity index (χ2v) is 6.49. The molecule has 1 aromatic heterocycles. The Morgan fingerprint density at radius 2 is 2.00 bits per heavy atom. The van der Waals surface area contributed by atoms with Crippen LogP contribution in [0.1, 0.15) is 12.5 Å². The summed E-state index contributed by atoms with van der Waals surface area (Å²) < 4.78 is 5.39. The molecule has 1 fully saturated rings.